The van der Waals surface area contributed by atoms with Crippen molar-refractivity contribution in [3.05, 3.63) is 12.4 Å². The van der Waals surface area contributed by atoms with Crippen molar-refractivity contribution in [3.8, 4) is 0 Å². The van der Waals surface area contributed by atoms with Gasteiger partial charge in [0.05, 0.1) is 0 Å². The summed E-state index contributed by atoms with van der Waals surface area (Å²) in [6, 6.07) is 0. The van der Waals surface area contributed by atoms with E-state index in [1.165, 1.54) is 12.4 Å². The third kappa shape index (κ3) is 1.78. The van der Waals surface area contributed by atoms with E-state index in [0.29, 0.717) is 0 Å². The molecule has 0 saturated carbocycles. The number of nitrogens with one attached hydrogen (secondary N) is 2. The number of aromatic nitrogens is 4. The fraction of sp³-hybridized carbons (Fsp3) is 0.143. The number of carbonyl (C=O) groups is 1. The quantitative estimate of drug-likeness (QED) is 0.762. The van der Waals surface area contributed by atoms with E-state index in [1.807, 2.05) is 0 Å². The first-order valence-electron chi connectivity index (χ1n) is 4.02. The highest BCUT2D eigenvalue weighted by Gasteiger charge is 2.39. The molecule has 0 radical (unpaired) electrons. The van der Waals surface area contributed by atoms with Crippen LogP contribution in [0.25, 0.3) is 11.2 Å². The minimum Gasteiger partial charge on any atom is -0.301 e. The number of H-pyrrole nitrogens is 1. The molecule has 0 aromatic carbocycles. The standard InChI is InChI=1S/C7H4F3N5O/c8-7(9,10)6(16)13-5-3-4(14-15-5)12-2-1-11-3/h1-2H,(H2,12,13,14,15,16). The normalized spacial score (nSPS) is 11.7. The molecule has 2 heterocycles. The van der Waals surface area contributed by atoms with Crippen LogP contribution < -0.4 is 5.32 Å². The Hall–Kier alpha value is -2.19. The number of nitrogens with zero attached hydrogens (tertiary/aromatic N) is 3. The number of anilines is 1. The van der Waals surface area contributed by atoms with E-state index in [-0.39, 0.29) is 17.0 Å². The molecule has 2 rings (SSSR count). The summed E-state index contributed by atoms with van der Waals surface area (Å²) in [6.45, 7) is 0. The highest BCUT2D eigenvalue weighted by molar-refractivity contribution is 5.99. The number of carbonyl (C=O) groups excluding carboxylic acids is 1. The van der Waals surface area contributed by atoms with Gasteiger partial charge in [0.2, 0.25) is 5.65 Å². The van der Waals surface area contributed by atoms with Gasteiger partial charge in [0.25, 0.3) is 0 Å². The molecule has 2 N–H and O–H groups in total. The topological polar surface area (TPSA) is 83.6 Å². The maximum absolute atomic E-state index is 12.0. The molecule has 1 amide bonds. The molecule has 2 aromatic rings. The molecule has 2 aromatic heterocycles. The molecule has 0 bridgehead atoms. The van der Waals surface area contributed by atoms with Gasteiger partial charge in [0.15, 0.2) is 11.3 Å². The first-order chi connectivity index (χ1) is 7.48. The summed E-state index contributed by atoms with van der Waals surface area (Å²) < 4.78 is 35.9. The number of aromatic amines is 1. The number of halogens is 3. The van der Waals surface area contributed by atoms with Crippen molar-refractivity contribution < 1.29 is 18.0 Å². The number of alkyl halides is 3. The molecule has 0 aliphatic carbocycles. The van der Waals surface area contributed by atoms with Gasteiger partial charge in [-0.15, -0.1) is 0 Å². The van der Waals surface area contributed by atoms with Crippen LogP contribution >= 0.6 is 0 Å². The van der Waals surface area contributed by atoms with E-state index < -0.39 is 12.1 Å². The van der Waals surface area contributed by atoms with Gasteiger partial charge in [0.1, 0.15) is 0 Å². The zero-order valence-electron chi connectivity index (χ0n) is 7.54. The Morgan fingerprint density at radius 1 is 1.31 bits per heavy atom. The highest BCUT2D eigenvalue weighted by atomic mass is 19.4. The molecule has 9 heteroatoms. The zero-order valence-corrected chi connectivity index (χ0v) is 7.54. The summed E-state index contributed by atoms with van der Waals surface area (Å²) in [7, 11) is 0. The molecule has 0 atom stereocenters. The van der Waals surface area contributed by atoms with Crippen molar-refractivity contribution in [2.24, 2.45) is 0 Å². The first kappa shape index (κ1) is 10.3. The molecule has 6 nitrogen and oxygen atoms in total. The molecule has 0 spiro atoms. The third-order valence-electron chi connectivity index (χ3n) is 1.69. The highest BCUT2D eigenvalue weighted by Crippen LogP contribution is 2.20. The van der Waals surface area contributed by atoms with E-state index in [2.05, 4.69) is 20.2 Å². The van der Waals surface area contributed by atoms with Gasteiger partial charge >= 0.3 is 12.1 Å². The molecule has 0 fully saturated rings. The van der Waals surface area contributed by atoms with Crippen LogP contribution in [0.1, 0.15) is 0 Å². The molecule has 16 heavy (non-hydrogen) atoms. The summed E-state index contributed by atoms with van der Waals surface area (Å²) in [5.41, 5.74) is 0.195. The molecular formula is C7H4F3N5O. The van der Waals surface area contributed by atoms with Crippen LogP contribution in [0.3, 0.4) is 0 Å². The Morgan fingerprint density at radius 2 is 2.00 bits per heavy atom. The van der Waals surface area contributed by atoms with Gasteiger partial charge in [-0.1, -0.05) is 0 Å². The Labute approximate surface area is 85.9 Å². The molecule has 0 aliphatic rings. The number of hydrogen-bond acceptors (Lipinski definition) is 4. The largest absolute Gasteiger partial charge is 0.471 e. The van der Waals surface area contributed by atoms with E-state index >= 15 is 0 Å². The van der Waals surface area contributed by atoms with E-state index in [1.54, 1.807) is 5.32 Å². The SMILES string of the molecule is O=C(Nc1[nH]nc2nccnc12)C(F)(F)F. The van der Waals surface area contributed by atoms with Gasteiger partial charge in [-0.25, -0.2) is 9.97 Å². The lowest BCUT2D eigenvalue weighted by molar-refractivity contribution is -0.167. The Balaban J connectivity index is 2.32. The zero-order chi connectivity index (χ0) is 11.8. The van der Waals surface area contributed by atoms with Crippen LogP contribution in [0.5, 0.6) is 0 Å². The molecular weight excluding hydrogens is 227 g/mol. The van der Waals surface area contributed by atoms with E-state index in [0.717, 1.165) is 0 Å². The van der Waals surface area contributed by atoms with Crippen LogP contribution in [-0.2, 0) is 4.79 Å². The lowest BCUT2D eigenvalue weighted by Crippen LogP contribution is -2.30. The monoisotopic (exact) mass is 231 g/mol. The maximum Gasteiger partial charge on any atom is 0.471 e. The first-order valence-corrected chi connectivity index (χ1v) is 4.02. The second-order valence-electron chi connectivity index (χ2n) is 2.78. The minimum atomic E-state index is -4.96. The fourth-order valence-corrected chi connectivity index (χ4v) is 1.02. The number of fused-ring (bicyclic) bond motifs is 1. The van der Waals surface area contributed by atoms with Crippen LogP contribution in [0.4, 0.5) is 19.0 Å². The van der Waals surface area contributed by atoms with Crippen LogP contribution in [0, 0.1) is 0 Å². The average Bonchev–Trinajstić information content (AvgIpc) is 2.61. The third-order valence-corrected chi connectivity index (χ3v) is 1.69. The lowest BCUT2D eigenvalue weighted by Gasteiger charge is -2.05. The number of hydrogen-bond donors (Lipinski definition) is 2. The van der Waals surface area contributed by atoms with Gasteiger partial charge in [-0.3, -0.25) is 9.89 Å². The predicted octanol–water partition coefficient (Wildman–Crippen LogP) is 0.854. The fourth-order valence-electron chi connectivity index (χ4n) is 1.02. The van der Waals surface area contributed by atoms with E-state index in [9.17, 15) is 18.0 Å². The Kier molecular flexibility index (Phi) is 2.22. The van der Waals surface area contributed by atoms with Crippen molar-refractivity contribution in [1.29, 1.82) is 0 Å². The molecule has 84 valence electrons. The van der Waals surface area contributed by atoms with Gasteiger partial charge in [-0.2, -0.15) is 18.3 Å². The number of rotatable bonds is 1. The van der Waals surface area contributed by atoms with Crippen molar-refractivity contribution in [2.45, 2.75) is 6.18 Å². The summed E-state index contributed by atoms with van der Waals surface area (Å²) >= 11 is 0. The van der Waals surface area contributed by atoms with Gasteiger partial charge in [0, 0.05) is 12.4 Å². The van der Waals surface area contributed by atoms with Crippen molar-refractivity contribution in [2.75, 3.05) is 5.32 Å². The Morgan fingerprint density at radius 3 is 2.69 bits per heavy atom. The van der Waals surface area contributed by atoms with Gasteiger partial charge in [-0.05, 0) is 0 Å². The smallest absolute Gasteiger partial charge is 0.301 e. The van der Waals surface area contributed by atoms with Crippen LogP contribution in [0.2, 0.25) is 0 Å². The summed E-state index contributed by atoms with van der Waals surface area (Å²) in [5, 5.41) is 7.40. The van der Waals surface area contributed by atoms with Crippen molar-refractivity contribution in [1.82, 2.24) is 20.2 Å². The summed E-state index contributed by atoms with van der Waals surface area (Å²) in [5.74, 6) is -2.32. The predicted molar refractivity (Wildman–Crippen MR) is 46.4 cm³/mol. The van der Waals surface area contributed by atoms with Crippen LogP contribution in [-0.4, -0.2) is 32.2 Å². The summed E-state index contributed by atoms with van der Waals surface area (Å²) in [4.78, 5) is 18.1. The molecule has 0 saturated heterocycles. The second kappa shape index (κ2) is 3.43. The van der Waals surface area contributed by atoms with Crippen molar-refractivity contribution >= 4 is 22.9 Å². The lowest BCUT2D eigenvalue weighted by atomic mass is 10.5. The molecule has 0 unspecified atom stereocenters. The average molecular weight is 231 g/mol. The Bertz CT molecular complexity index is 534. The van der Waals surface area contributed by atoms with Crippen LogP contribution in [0.15, 0.2) is 12.4 Å². The summed E-state index contributed by atoms with van der Waals surface area (Å²) in [6.07, 6.45) is -2.35. The maximum atomic E-state index is 12.0. The van der Waals surface area contributed by atoms with Crippen molar-refractivity contribution in [3.63, 3.8) is 0 Å². The van der Waals surface area contributed by atoms with E-state index in [4.69, 9.17) is 0 Å². The minimum absolute atomic E-state index is 0.0695. The second-order valence-corrected chi connectivity index (χ2v) is 2.78. The number of amides is 1. The van der Waals surface area contributed by atoms with Gasteiger partial charge < -0.3 is 5.32 Å². The molecule has 0 aliphatic heterocycles.